The molecular weight excluding hydrogens is 216 g/mol. The van der Waals surface area contributed by atoms with Gasteiger partial charge < -0.3 is 5.32 Å². The van der Waals surface area contributed by atoms with E-state index in [4.69, 9.17) is 0 Å². The molecule has 0 aliphatic heterocycles. The highest BCUT2D eigenvalue weighted by Gasteiger charge is 2.09. The van der Waals surface area contributed by atoms with Crippen LogP contribution in [0.15, 0.2) is 36.9 Å². The van der Waals surface area contributed by atoms with E-state index in [2.05, 4.69) is 15.3 Å². The molecule has 17 heavy (non-hydrogen) atoms. The topological polar surface area (TPSA) is 59.8 Å². The molecule has 0 bridgehead atoms. The summed E-state index contributed by atoms with van der Waals surface area (Å²) in [5.41, 5.74) is 0.397. The molecule has 0 saturated carbocycles. The van der Waals surface area contributed by atoms with Crippen LogP contribution < -0.4 is 5.32 Å². The summed E-state index contributed by atoms with van der Waals surface area (Å²) in [6.45, 7) is 4.04. The first kappa shape index (κ1) is 11.3. The van der Waals surface area contributed by atoms with Crippen molar-refractivity contribution < 1.29 is 4.79 Å². The first-order valence-corrected chi connectivity index (χ1v) is 5.43. The van der Waals surface area contributed by atoms with Gasteiger partial charge >= 0.3 is 0 Å². The van der Waals surface area contributed by atoms with Crippen LogP contribution in [0.1, 0.15) is 24.3 Å². The second-order valence-corrected chi connectivity index (χ2v) is 3.98. The number of carbonyl (C=O) groups is 1. The van der Waals surface area contributed by atoms with Gasteiger partial charge in [0.1, 0.15) is 17.8 Å². The summed E-state index contributed by atoms with van der Waals surface area (Å²) in [4.78, 5) is 20.1. The lowest BCUT2D eigenvalue weighted by atomic mass is 10.3. The number of hydrogen-bond acceptors (Lipinski definition) is 4. The minimum absolute atomic E-state index is 0.185. The van der Waals surface area contributed by atoms with Gasteiger partial charge in [0, 0.05) is 18.4 Å². The van der Waals surface area contributed by atoms with Crippen molar-refractivity contribution in [3.63, 3.8) is 0 Å². The number of imidazole rings is 1. The number of pyridine rings is 1. The van der Waals surface area contributed by atoms with Gasteiger partial charge in [0.05, 0.1) is 0 Å². The van der Waals surface area contributed by atoms with Gasteiger partial charge in [0.15, 0.2) is 0 Å². The third kappa shape index (κ3) is 2.69. The van der Waals surface area contributed by atoms with Crippen LogP contribution in [0.3, 0.4) is 0 Å². The molecule has 0 saturated heterocycles. The van der Waals surface area contributed by atoms with Gasteiger partial charge in [0.25, 0.3) is 5.91 Å². The third-order valence-electron chi connectivity index (χ3n) is 2.14. The Morgan fingerprint density at radius 2 is 2.24 bits per heavy atom. The molecule has 0 atom stereocenters. The van der Waals surface area contributed by atoms with E-state index in [0.717, 1.165) is 0 Å². The van der Waals surface area contributed by atoms with Gasteiger partial charge in [-0.25, -0.2) is 9.97 Å². The smallest absolute Gasteiger partial charge is 0.281 e. The molecule has 2 heterocycles. The Morgan fingerprint density at radius 3 is 2.88 bits per heavy atom. The number of aromatic nitrogens is 3. The maximum absolute atomic E-state index is 12.0. The Morgan fingerprint density at radius 1 is 1.41 bits per heavy atom. The van der Waals surface area contributed by atoms with E-state index < -0.39 is 0 Å². The summed E-state index contributed by atoms with van der Waals surface area (Å²) in [7, 11) is 0. The van der Waals surface area contributed by atoms with E-state index in [1.165, 1.54) is 10.9 Å². The van der Waals surface area contributed by atoms with Crippen molar-refractivity contribution in [2.24, 2.45) is 0 Å². The van der Waals surface area contributed by atoms with Crippen molar-refractivity contribution >= 4 is 11.7 Å². The van der Waals surface area contributed by atoms with E-state index in [1.807, 2.05) is 26.0 Å². The first-order valence-electron chi connectivity index (χ1n) is 5.43. The molecule has 0 spiro atoms. The molecule has 0 amide bonds. The number of hydrogen-bond donors (Lipinski definition) is 1. The molecule has 88 valence electrons. The normalized spacial score (nSPS) is 10.5. The number of rotatable bonds is 3. The molecule has 1 N–H and O–H groups in total. The minimum Gasteiger partial charge on any atom is -0.368 e. The molecule has 5 nitrogen and oxygen atoms in total. The quantitative estimate of drug-likeness (QED) is 0.873. The molecule has 2 aromatic heterocycles. The van der Waals surface area contributed by atoms with Crippen LogP contribution >= 0.6 is 0 Å². The Balaban J connectivity index is 2.24. The molecule has 0 aliphatic carbocycles. The monoisotopic (exact) mass is 230 g/mol. The van der Waals surface area contributed by atoms with Crippen LogP contribution in [-0.4, -0.2) is 26.5 Å². The largest absolute Gasteiger partial charge is 0.368 e. The van der Waals surface area contributed by atoms with Gasteiger partial charge in [-0.2, -0.15) is 0 Å². The van der Waals surface area contributed by atoms with Gasteiger partial charge in [-0.1, -0.05) is 6.07 Å². The molecule has 2 rings (SSSR count). The minimum atomic E-state index is -0.185. The third-order valence-corrected chi connectivity index (χ3v) is 2.14. The molecule has 0 aliphatic rings. The van der Waals surface area contributed by atoms with Gasteiger partial charge in [0.2, 0.25) is 0 Å². The van der Waals surface area contributed by atoms with Crippen molar-refractivity contribution in [1.82, 2.24) is 14.5 Å². The van der Waals surface area contributed by atoms with Crippen molar-refractivity contribution in [2.45, 2.75) is 19.9 Å². The zero-order valence-electron chi connectivity index (χ0n) is 9.79. The molecule has 2 aromatic rings. The molecular formula is C12H14N4O. The van der Waals surface area contributed by atoms with Gasteiger partial charge in [-0.05, 0) is 26.0 Å². The van der Waals surface area contributed by atoms with E-state index >= 15 is 0 Å². The van der Waals surface area contributed by atoms with Crippen LogP contribution in [0.2, 0.25) is 0 Å². The number of nitrogens with zero attached hydrogens (tertiary/aromatic N) is 3. The summed E-state index contributed by atoms with van der Waals surface area (Å²) >= 11 is 0. The van der Waals surface area contributed by atoms with Crippen LogP contribution in [0, 0.1) is 0 Å². The lowest BCUT2D eigenvalue weighted by molar-refractivity contribution is 0.0955. The first-order chi connectivity index (χ1) is 8.16. The van der Waals surface area contributed by atoms with Crippen LogP contribution in [0.25, 0.3) is 0 Å². The van der Waals surface area contributed by atoms with E-state index in [9.17, 15) is 4.79 Å². The van der Waals surface area contributed by atoms with Gasteiger partial charge in [-0.15, -0.1) is 0 Å². The lowest BCUT2D eigenvalue weighted by Gasteiger charge is -2.09. The van der Waals surface area contributed by atoms with E-state index in [0.29, 0.717) is 11.5 Å². The van der Waals surface area contributed by atoms with E-state index in [1.54, 1.807) is 18.5 Å². The standard InChI is InChI=1S/C12H14N4O/c1-9(2)14-11-5-3-4-10(15-11)12(17)16-7-6-13-8-16/h3-9H,1-2H3,(H,14,15). The molecule has 0 radical (unpaired) electrons. The average molecular weight is 230 g/mol. The predicted octanol–water partition coefficient (Wildman–Crippen LogP) is 1.79. The average Bonchev–Trinajstić information content (AvgIpc) is 2.81. The fourth-order valence-electron chi connectivity index (χ4n) is 1.44. The zero-order chi connectivity index (χ0) is 12.3. The number of carbonyl (C=O) groups excluding carboxylic acids is 1. The summed E-state index contributed by atoms with van der Waals surface area (Å²) in [5.74, 6) is 0.515. The fraction of sp³-hybridized carbons (Fsp3) is 0.250. The molecule has 0 unspecified atom stereocenters. The Bertz CT molecular complexity index is 505. The molecule has 0 aromatic carbocycles. The Kier molecular flexibility index (Phi) is 3.18. The highest BCUT2D eigenvalue weighted by molar-refractivity contribution is 5.94. The fourth-order valence-corrected chi connectivity index (χ4v) is 1.44. The second kappa shape index (κ2) is 4.78. The summed E-state index contributed by atoms with van der Waals surface area (Å²) in [6.07, 6.45) is 4.63. The highest BCUT2D eigenvalue weighted by Crippen LogP contribution is 2.07. The predicted molar refractivity (Wildman–Crippen MR) is 65.0 cm³/mol. The zero-order valence-corrected chi connectivity index (χ0v) is 9.79. The molecule has 5 heteroatoms. The maximum Gasteiger partial charge on any atom is 0.281 e. The highest BCUT2D eigenvalue weighted by atomic mass is 16.2. The Labute approximate surface area is 99.5 Å². The molecule has 0 fully saturated rings. The van der Waals surface area contributed by atoms with Crippen molar-refractivity contribution in [3.8, 4) is 0 Å². The van der Waals surface area contributed by atoms with Gasteiger partial charge in [-0.3, -0.25) is 9.36 Å². The number of anilines is 1. The summed E-state index contributed by atoms with van der Waals surface area (Å²) in [5, 5.41) is 3.16. The number of nitrogens with one attached hydrogen (secondary N) is 1. The van der Waals surface area contributed by atoms with Crippen molar-refractivity contribution in [2.75, 3.05) is 5.32 Å². The van der Waals surface area contributed by atoms with Crippen molar-refractivity contribution in [3.05, 3.63) is 42.6 Å². The Hall–Kier alpha value is -2.17. The maximum atomic E-state index is 12.0. The van der Waals surface area contributed by atoms with Crippen molar-refractivity contribution in [1.29, 1.82) is 0 Å². The summed E-state index contributed by atoms with van der Waals surface area (Å²) < 4.78 is 1.40. The van der Waals surface area contributed by atoms with E-state index in [-0.39, 0.29) is 11.9 Å². The lowest BCUT2D eigenvalue weighted by Crippen LogP contribution is -2.15. The second-order valence-electron chi connectivity index (χ2n) is 3.98. The van der Waals surface area contributed by atoms with Crippen LogP contribution in [0.4, 0.5) is 5.82 Å². The van der Waals surface area contributed by atoms with Crippen LogP contribution in [-0.2, 0) is 0 Å². The van der Waals surface area contributed by atoms with Crippen LogP contribution in [0.5, 0.6) is 0 Å². The summed E-state index contributed by atoms with van der Waals surface area (Å²) in [6, 6.07) is 5.61. The SMILES string of the molecule is CC(C)Nc1cccc(C(=O)n2ccnc2)n1.